The lowest BCUT2D eigenvalue weighted by Crippen LogP contribution is -2.67. The van der Waals surface area contributed by atoms with Gasteiger partial charge in [-0.2, -0.15) is 0 Å². The van der Waals surface area contributed by atoms with Crippen LogP contribution in [0.5, 0.6) is 0 Å². The number of ether oxygens (including phenoxy) is 6. The minimum absolute atomic E-state index is 0.151. The maximum atomic E-state index is 14.0. The van der Waals surface area contributed by atoms with E-state index in [1.54, 1.807) is 6.08 Å². The molecule has 1 unspecified atom stereocenters. The molecule has 1 aliphatic carbocycles. The number of aliphatic hydroxyl groups is 6. The van der Waals surface area contributed by atoms with Gasteiger partial charge < -0.3 is 104 Å². The molecule has 52 heavy (non-hydrogen) atoms. The predicted molar refractivity (Wildman–Crippen MR) is 177 cm³/mol. The predicted octanol–water partition coefficient (Wildman–Crippen LogP) is -7.92. The zero-order valence-electron chi connectivity index (χ0n) is 28.7. The first-order valence-electron chi connectivity index (χ1n) is 17.4. The van der Waals surface area contributed by atoms with Crippen LogP contribution in [-0.4, -0.2) is 186 Å². The van der Waals surface area contributed by atoms with E-state index in [-0.39, 0.29) is 13.0 Å². The highest BCUT2D eigenvalue weighted by Gasteiger charge is 2.54. The number of carbonyl (C=O) groups is 1. The van der Waals surface area contributed by atoms with E-state index < -0.39 is 129 Å². The second-order valence-electron chi connectivity index (χ2n) is 13.4. The zero-order valence-corrected chi connectivity index (χ0v) is 28.7. The number of rotatable bonds is 17. The maximum absolute atomic E-state index is 14.0. The molecule has 0 aromatic heterocycles. The zero-order chi connectivity index (χ0) is 38.3. The average Bonchev–Trinajstić information content (AvgIpc) is 3.43. The van der Waals surface area contributed by atoms with Gasteiger partial charge in [0.1, 0.15) is 66.9 Å². The summed E-state index contributed by atoms with van der Waals surface area (Å²) in [5.41, 5.74) is 35.4. The molecular formula is C30H57FN8O13. The van der Waals surface area contributed by atoms with E-state index in [2.05, 4.69) is 10.6 Å². The summed E-state index contributed by atoms with van der Waals surface area (Å²) in [5, 5.41) is 69.4. The van der Waals surface area contributed by atoms with E-state index in [9.17, 15) is 39.8 Å². The molecule has 0 aromatic rings. The van der Waals surface area contributed by atoms with Crippen molar-refractivity contribution >= 4 is 5.91 Å². The molecule has 18 atom stereocenters. The Morgan fingerprint density at radius 3 is 2.23 bits per heavy atom. The highest BCUT2D eigenvalue weighted by atomic mass is 19.1. The van der Waals surface area contributed by atoms with Crippen molar-refractivity contribution < 1.29 is 68.2 Å². The first-order valence-corrected chi connectivity index (χ1v) is 17.4. The van der Waals surface area contributed by atoms with Gasteiger partial charge in [-0.3, -0.25) is 4.79 Å². The molecule has 3 heterocycles. The topological polar surface area (TPSA) is 374 Å². The molecular weight excluding hydrogens is 699 g/mol. The highest BCUT2D eigenvalue weighted by molar-refractivity contribution is 5.81. The van der Waals surface area contributed by atoms with Gasteiger partial charge in [0.2, 0.25) is 6.29 Å². The highest BCUT2D eigenvalue weighted by Crippen LogP contribution is 2.34. The van der Waals surface area contributed by atoms with Crippen molar-refractivity contribution in [1.82, 2.24) is 10.6 Å². The van der Waals surface area contributed by atoms with Gasteiger partial charge in [0.15, 0.2) is 18.7 Å². The van der Waals surface area contributed by atoms with Crippen molar-refractivity contribution in [3.63, 3.8) is 0 Å². The van der Waals surface area contributed by atoms with Crippen LogP contribution in [-0.2, 0) is 33.2 Å². The molecule has 21 nitrogen and oxygen atoms in total. The van der Waals surface area contributed by atoms with Crippen molar-refractivity contribution in [3.05, 3.63) is 11.8 Å². The molecule has 3 fully saturated rings. The van der Waals surface area contributed by atoms with Crippen LogP contribution in [0, 0.1) is 0 Å². The minimum atomic E-state index is -2.14. The number of alkyl halides is 1. The van der Waals surface area contributed by atoms with Gasteiger partial charge in [0, 0.05) is 19.1 Å². The first kappa shape index (κ1) is 43.0. The average molecular weight is 757 g/mol. The quantitative estimate of drug-likeness (QED) is 0.0613. The Morgan fingerprint density at radius 1 is 0.904 bits per heavy atom. The third-order valence-corrected chi connectivity index (χ3v) is 9.60. The van der Waals surface area contributed by atoms with Crippen molar-refractivity contribution in [1.29, 1.82) is 0 Å². The van der Waals surface area contributed by atoms with Gasteiger partial charge in [-0.1, -0.05) is 0 Å². The lowest BCUT2D eigenvalue weighted by atomic mass is 9.83. The Bertz CT molecular complexity index is 1150. The lowest BCUT2D eigenvalue weighted by molar-refractivity contribution is -0.282. The van der Waals surface area contributed by atoms with Gasteiger partial charge in [0.05, 0.1) is 31.3 Å². The van der Waals surface area contributed by atoms with Crippen LogP contribution in [0.2, 0.25) is 0 Å². The van der Waals surface area contributed by atoms with E-state index in [4.69, 9.17) is 62.8 Å². The summed E-state index contributed by atoms with van der Waals surface area (Å²) in [6.07, 6.45) is -18.4. The third kappa shape index (κ3) is 10.1. The number of halogens is 1. The Hall–Kier alpha value is -1.78. The number of amides is 1. The van der Waals surface area contributed by atoms with Gasteiger partial charge in [-0.25, -0.2) is 4.39 Å². The Kier molecular flexibility index (Phi) is 16.3. The summed E-state index contributed by atoms with van der Waals surface area (Å²) in [7, 11) is 0. The summed E-state index contributed by atoms with van der Waals surface area (Å²) >= 11 is 0. The molecule has 4 rings (SSSR count). The Labute approximate surface area is 300 Å². The summed E-state index contributed by atoms with van der Waals surface area (Å²) < 4.78 is 49.7. The van der Waals surface area contributed by atoms with Crippen molar-refractivity contribution in [3.8, 4) is 0 Å². The van der Waals surface area contributed by atoms with E-state index in [0.29, 0.717) is 31.8 Å². The third-order valence-electron chi connectivity index (χ3n) is 9.60. The fourth-order valence-electron chi connectivity index (χ4n) is 6.49. The molecule has 4 aliphatic rings. The molecule has 302 valence electrons. The fraction of sp³-hybridized carbons (Fsp3) is 0.900. The summed E-state index contributed by atoms with van der Waals surface area (Å²) in [6.45, 7) is -0.0536. The van der Waals surface area contributed by atoms with Crippen LogP contribution >= 0.6 is 0 Å². The second-order valence-corrected chi connectivity index (χ2v) is 13.4. The summed E-state index contributed by atoms with van der Waals surface area (Å²) in [5.74, 6) is -0.636. The molecule has 0 radical (unpaired) electrons. The van der Waals surface area contributed by atoms with Crippen LogP contribution in [0.3, 0.4) is 0 Å². The van der Waals surface area contributed by atoms with Crippen LogP contribution in [0.1, 0.15) is 19.3 Å². The van der Waals surface area contributed by atoms with Crippen molar-refractivity contribution in [2.75, 3.05) is 39.3 Å². The lowest BCUT2D eigenvalue weighted by Gasteiger charge is -2.46. The van der Waals surface area contributed by atoms with Gasteiger partial charge in [-0.15, -0.1) is 0 Å². The maximum Gasteiger partial charge on any atom is 0.252 e. The molecule has 0 bridgehead atoms. The number of aliphatic hydroxyl groups excluding tert-OH is 6. The molecule has 1 saturated carbocycles. The van der Waals surface area contributed by atoms with Crippen molar-refractivity contribution in [2.45, 2.75) is 130 Å². The first-order chi connectivity index (χ1) is 24.8. The fourth-order valence-corrected chi connectivity index (χ4v) is 6.49. The summed E-state index contributed by atoms with van der Waals surface area (Å²) in [6, 6.07) is -4.23. The van der Waals surface area contributed by atoms with Crippen LogP contribution < -0.4 is 45.0 Å². The number of nitrogens with two attached hydrogens (primary N) is 6. The number of hydrogen-bond acceptors (Lipinski definition) is 20. The Morgan fingerprint density at radius 2 is 1.58 bits per heavy atom. The van der Waals surface area contributed by atoms with E-state index in [0.717, 1.165) is 6.42 Å². The van der Waals surface area contributed by atoms with E-state index in [1.807, 2.05) is 0 Å². The molecule has 1 amide bonds. The normalized spacial score (nSPS) is 42.3. The van der Waals surface area contributed by atoms with Crippen LogP contribution in [0.4, 0.5) is 4.39 Å². The number of hydrogen-bond donors (Lipinski definition) is 14. The SMILES string of the molecule is NCCCNCC1=CC[C@@H](N)[C@@H](O[C@H]2[C@H](O[C@@H]3O[C@H](CO)[C@@H](O[C@H]4O[C@@H](CN)[C@@H](O)[C@H](O)[C@H]4N)[C@H]3O)[C@@H](O)[C@H](NC(=O)C(O)[C@@H](F)CN)C[C@@H]2N)O1. The second kappa shape index (κ2) is 19.7. The smallest absolute Gasteiger partial charge is 0.252 e. The molecule has 2 saturated heterocycles. The van der Waals surface area contributed by atoms with Crippen LogP contribution in [0.15, 0.2) is 11.8 Å². The van der Waals surface area contributed by atoms with E-state index in [1.165, 1.54) is 0 Å². The van der Waals surface area contributed by atoms with Crippen LogP contribution in [0.25, 0.3) is 0 Å². The van der Waals surface area contributed by atoms with E-state index >= 15 is 0 Å². The van der Waals surface area contributed by atoms with Gasteiger partial charge in [-0.05, 0) is 38.4 Å². The monoisotopic (exact) mass is 756 g/mol. The van der Waals surface area contributed by atoms with Gasteiger partial charge in [0.25, 0.3) is 5.91 Å². The molecule has 0 spiro atoms. The Balaban J connectivity index is 1.54. The molecule has 22 heteroatoms. The number of nitrogens with one attached hydrogen (secondary N) is 2. The number of carbonyl (C=O) groups excluding carboxylic acids is 1. The van der Waals surface area contributed by atoms with Crippen molar-refractivity contribution in [2.24, 2.45) is 34.4 Å². The summed E-state index contributed by atoms with van der Waals surface area (Å²) in [4.78, 5) is 12.7. The largest absolute Gasteiger partial charge is 0.467 e. The minimum Gasteiger partial charge on any atom is -0.467 e. The molecule has 0 aromatic carbocycles. The van der Waals surface area contributed by atoms with Gasteiger partial charge >= 0.3 is 0 Å². The molecule has 3 aliphatic heterocycles. The standard InChI is InChI=1S/C30H57FN8O13/c31-12(7-33)19(41)27(46)39-15-6-14(36)24(50-28-13(35)3-2-11(47-28)9-38-5-1-4-32)26(20(15)42)52-30-23(45)25(17(10-40)49-30)51-29-18(37)22(44)21(43)16(8-34)48-29/h2,12-26,28-30,38,40-45H,1,3-10,32-37H2,(H,39,46)/t12-,13+,14-,15+,16-,17+,18+,19?,20-,21+,22+,23+,24+,25+,26+,28+,29+,30-/m0/s1. The molecule has 20 N–H and O–H groups in total.